The van der Waals surface area contributed by atoms with Crippen molar-refractivity contribution < 1.29 is 14.6 Å². The second-order valence-corrected chi connectivity index (χ2v) is 5.69. The third-order valence-corrected chi connectivity index (χ3v) is 3.92. The molecule has 1 atom stereocenters. The standard InChI is InChI=1S/C15H31NO3/c1-2-3-10-18-11-14(17)12-19-15(13-16)8-6-4-5-7-9-15/h14,17H,2-13,16H2,1H3. The summed E-state index contributed by atoms with van der Waals surface area (Å²) in [5.41, 5.74) is 5.69. The van der Waals surface area contributed by atoms with Crippen molar-refractivity contribution in [3.05, 3.63) is 0 Å². The van der Waals surface area contributed by atoms with Crippen LogP contribution in [0.2, 0.25) is 0 Å². The van der Waals surface area contributed by atoms with Crippen molar-refractivity contribution in [1.29, 1.82) is 0 Å². The molecule has 1 aliphatic carbocycles. The lowest BCUT2D eigenvalue weighted by atomic mass is 9.94. The first-order valence-electron chi connectivity index (χ1n) is 7.82. The summed E-state index contributed by atoms with van der Waals surface area (Å²) in [4.78, 5) is 0. The minimum Gasteiger partial charge on any atom is -0.388 e. The van der Waals surface area contributed by atoms with Crippen LogP contribution in [-0.4, -0.2) is 43.2 Å². The van der Waals surface area contributed by atoms with Gasteiger partial charge in [-0.1, -0.05) is 39.0 Å². The van der Waals surface area contributed by atoms with Crippen LogP contribution in [0.15, 0.2) is 0 Å². The molecular weight excluding hydrogens is 242 g/mol. The predicted octanol–water partition coefficient (Wildman–Crippen LogP) is 2.23. The first-order chi connectivity index (χ1) is 9.22. The Kier molecular flexibility index (Phi) is 8.62. The van der Waals surface area contributed by atoms with Crippen molar-refractivity contribution in [2.45, 2.75) is 70.0 Å². The average molecular weight is 273 g/mol. The zero-order valence-corrected chi connectivity index (χ0v) is 12.4. The Bertz CT molecular complexity index is 215. The number of aliphatic hydroxyl groups excluding tert-OH is 1. The van der Waals surface area contributed by atoms with Gasteiger partial charge < -0.3 is 20.3 Å². The number of unbranched alkanes of at least 4 members (excludes halogenated alkanes) is 1. The summed E-state index contributed by atoms with van der Waals surface area (Å²) in [5, 5.41) is 9.87. The van der Waals surface area contributed by atoms with Gasteiger partial charge in [0.2, 0.25) is 0 Å². The fourth-order valence-corrected chi connectivity index (χ4v) is 2.57. The van der Waals surface area contributed by atoms with Crippen LogP contribution in [0.25, 0.3) is 0 Å². The molecule has 19 heavy (non-hydrogen) atoms. The molecule has 0 bridgehead atoms. The molecule has 0 spiro atoms. The van der Waals surface area contributed by atoms with E-state index >= 15 is 0 Å². The number of hydrogen-bond donors (Lipinski definition) is 2. The highest BCUT2D eigenvalue weighted by Crippen LogP contribution is 2.29. The fraction of sp³-hybridized carbons (Fsp3) is 1.00. The SMILES string of the molecule is CCCCOCC(O)COC1(CN)CCCCCC1. The predicted molar refractivity (Wildman–Crippen MR) is 77.2 cm³/mol. The minimum absolute atomic E-state index is 0.207. The number of ether oxygens (including phenoxy) is 2. The van der Waals surface area contributed by atoms with Gasteiger partial charge in [0.1, 0.15) is 6.10 Å². The molecule has 0 aromatic heterocycles. The van der Waals surface area contributed by atoms with Crippen LogP contribution in [0, 0.1) is 0 Å². The van der Waals surface area contributed by atoms with E-state index in [2.05, 4.69) is 6.92 Å². The van der Waals surface area contributed by atoms with E-state index in [0.717, 1.165) is 32.3 Å². The summed E-state index contributed by atoms with van der Waals surface area (Å²) in [6, 6.07) is 0. The van der Waals surface area contributed by atoms with E-state index in [4.69, 9.17) is 15.2 Å². The Morgan fingerprint density at radius 2 is 1.84 bits per heavy atom. The van der Waals surface area contributed by atoms with Crippen molar-refractivity contribution in [3.8, 4) is 0 Å². The maximum absolute atomic E-state index is 9.87. The molecule has 1 unspecified atom stereocenters. The highest BCUT2D eigenvalue weighted by Gasteiger charge is 2.30. The van der Waals surface area contributed by atoms with Crippen LogP contribution >= 0.6 is 0 Å². The largest absolute Gasteiger partial charge is 0.388 e. The van der Waals surface area contributed by atoms with Crippen LogP contribution in [0.1, 0.15) is 58.3 Å². The van der Waals surface area contributed by atoms with Crippen molar-refractivity contribution in [3.63, 3.8) is 0 Å². The molecule has 0 amide bonds. The quantitative estimate of drug-likeness (QED) is 0.499. The van der Waals surface area contributed by atoms with E-state index in [1.54, 1.807) is 0 Å². The summed E-state index contributed by atoms with van der Waals surface area (Å²) in [6.07, 6.45) is 8.56. The molecule has 114 valence electrons. The van der Waals surface area contributed by atoms with E-state index in [-0.39, 0.29) is 5.60 Å². The summed E-state index contributed by atoms with van der Waals surface area (Å²) in [6.45, 7) is 4.09. The lowest BCUT2D eigenvalue weighted by Gasteiger charge is -2.32. The molecular formula is C15H31NO3. The normalized spacial score (nSPS) is 21.0. The molecule has 4 heteroatoms. The average Bonchev–Trinajstić information content (AvgIpc) is 2.67. The minimum atomic E-state index is -0.538. The molecule has 1 rings (SSSR count). The van der Waals surface area contributed by atoms with Gasteiger partial charge in [0.25, 0.3) is 0 Å². The van der Waals surface area contributed by atoms with Crippen molar-refractivity contribution in [1.82, 2.24) is 0 Å². The molecule has 0 saturated heterocycles. The first kappa shape index (κ1) is 16.9. The third kappa shape index (κ3) is 6.70. The maximum Gasteiger partial charge on any atom is 0.101 e. The fourth-order valence-electron chi connectivity index (χ4n) is 2.57. The Morgan fingerprint density at radius 3 is 2.42 bits per heavy atom. The lowest BCUT2D eigenvalue weighted by Crippen LogP contribution is -2.42. The van der Waals surface area contributed by atoms with Crippen LogP contribution in [0.3, 0.4) is 0 Å². The zero-order valence-electron chi connectivity index (χ0n) is 12.4. The molecule has 3 N–H and O–H groups in total. The maximum atomic E-state index is 9.87. The lowest BCUT2D eigenvalue weighted by molar-refractivity contribution is -0.0976. The van der Waals surface area contributed by atoms with Crippen LogP contribution in [0.4, 0.5) is 0 Å². The topological polar surface area (TPSA) is 64.7 Å². The first-order valence-corrected chi connectivity index (χ1v) is 7.82. The van der Waals surface area contributed by atoms with Gasteiger partial charge in [0, 0.05) is 13.2 Å². The van der Waals surface area contributed by atoms with Gasteiger partial charge in [-0.05, 0) is 19.3 Å². The van der Waals surface area contributed by atoms with E-state index in [0.29, 0.717) is 19.8 Å². The molecule has 1 saturated carbocycles. The molecule has 0 radical (unpaired) electrons. The monoisotopic (exact) mass is 273 g/mol. The van der Waals surface area contributed by atoms with Crippen molar-refractivity contribution in [2.75, 3.05) is 26.4 Å². The second kappa shape index (κ2) is 9.70. The summed E-state index contributed by atoms with van der Waals surface area (Å²) in [7, 11) is 0. The van der Waals surface area contributed by atoms with E-state index in [9.17, 15) is 5.11 Å². The van der Waals surface area contributed by atoms with Gasteiger partial charge in [-0.2, -0.15) is 0 Å². The van der Waals surface area contributed by atoms with Gasteiger partial charge in [-0.25, -0.2) is 0 Å². The van der Waals surface area contributed by atoms with Gasteiger partial charge in [0.15, 0.2) is 0 Å². The smallest absolute Gasteiger partial charge is 0.101 e. The van der Waals surface area contributed by atoms with Crippen LogP contribution < -0.4 is 5.73 Å². The Morgan fingerprint density at radius 1 is 1.16 bits per heavy atom. The molecule has 1 aliphatic rings. The molecule has 0 heterocycles. The van der Waals surface area contributed by atoms with Crippen molar-refractivity contribution >= 4 is 0 Å². The second-order valence-electron chi connectivity index (χ2n) is 5.69. The summed E-state index contributed by atoms with van der Waals surface area (Å²) < 4.78 is 11.4. The third-order valence-electron chi connectivity index (χ3n) is 3.92. The Labute approximate surface area is 117 Å². The number of hydrogen-bond acceptors (Lipinski definition) is 4. The molecule has 1 fully saturated rings. The van der Waals surface area contributed by atoms with E-state index in [1.807, 2.05) is 0 Å². The Balaban J connectivity index is 2.23. The van der Waals surface area contributed by atoms with Crippen LogP contribution in [-0.2, 0) is 9.47 Å². The van der Waals surface area contributed by atoms with Gasteiger partial charge in [-0.3, -0.25) is 0 Å². The summed E-state index contributed by atoms with van der Waals surface area (Å²) in [5.74, 6) is 0. The highest BCUT2D eigenvalue weighted by atomic mass is 16.5. The van der Waals surface area contributed by atoms with Crippen LogP contribution in [0.5, 0.6) is 0 Å². The number of nitrogens with two attached hydrogens (primary N) is 1. The Hall–Kier alpha value is -0.160. The molecule has 0 aromatic rings. The van der Waals surface area contributed by atoms with Crippen molar-refractivity contribution in [2.24, 2.45) is 5.73 Å². The number of rotatable bonds is 9. The zero-order chi connectivity index (χ0) is 14.0. The molecule has 0 aliphatic heterocycles. The molecule has 4 nitrogen and oxygen atoms in total. The number of aliphatic hydroxyl groups is 1. The summed E-state index contributed by atoms with van der Waals surface area (Å²) >= 11 is 0. The van der Waals surface area contributed by atoms with Gasteiger partial charge >= 0.3 is 0 Å². The van der Waals surface area contributed by atoms with E-state index < -0.39 is 6.10 Å². The molecule has 0 aromatic carbocycles. The van der Waals surface area contributed by atoms with Gasteiger partial charge in [-0.15, -0.1) is 0 Å². The van der Waals surface area contributed by atoms with E-state index in [1.165, 1.54) is 25.7 Å². The highest BCUT2D eigenvalue weighted by molar-refractivity contribution is 4.84. The van der Waals surface area contributed by atoms with Gasteiger partial charge in [0.05, 0.1) is 18.8 Å².